The monoisotopic (exact) mass is 236 g/mol. The van der Waals surface area contributed by atoms with Crippen LogP contribution in [0.3, 0.4) is 0 Å². The summed E-state index contributed by atoms with van der Waals surface area (Å²) in [5.41, 5.74) is 2.74. The quantitative estimate of drug-likeness (QED) is 0.304. The molecule has 3 heteroatoms. The number of pyridine rings is 1. The van der Waals surface area contributed by atoms with Crippen LogP contribution in [0.5, 0.6) is 0 Å². The van der Waals surface area contributed by atoms with Crippen LogP contribution < -0.4 is 0 Å². The summed E-state index contributed by atoms with van der Waals surface area (Å²) in [5, 5.41) is 15.1. The van der Waals surface area contributed by atoms with Gasteiger partial charge in [0.25, 0.3) is 0 Å². The van der Waals surface area contributed by atoms with Crippen LogP contribution in [-0.4, -0.2) is 16.4 Å². The number of aryl methyl sites for hydroxylation is 1. The molecule has 0 aliphatic rings. The number of nitrogens with zero attached hydrogens (tertiary/aromatic N) is 2. The summed E-state index contributed by atoms with van der Waals surface area (Å²) in [5.74, 6) is 0. The van der Waals surface area contributed by atoms with E-state index in [0.717, 1.165) is 27.2 Å². The van der Waals surface area contributed by atoms with E-state index in [1.54, 1.807) is 0 Å². The molecular weight excluding hydrogens is 224 g/mol. The fraction of sp³-hybridized carbons (Fsp3) is 0.0667. The van der Waals surface area contributed by atoms with Crippen molar-refractivity contribution >= 4 is 27.9 Å². The molecule has 0 radical (unpaired) electrons. The Morgan fingerprint density at radius 1 is 1.11 bits per heavy atom. The highest BCUT2D eigenvalue weighted by molar-refractivity contribution is 6.06. The molecule has 0 amide bonds. The summed E-state index contributed by atoms with van der Waals surface area (Å²) < 4.78 is 0. The summed E-state index contributed by atoms with van der Waals surface area (Å²) >= 11 is 0. The van der Waals surface area contributed by atoms with E-state index in [2.05, 4.69) is 34.4 Å². The average molecular weight is 236 g/mol. The normalized spacial score (nSPS) is 11.6. The molecule has 3 rings (SSSR count). The highest BCUT2D eigenvalue weighted by Gasteiger charge is 2.05. The molecule has 2 aromatic carbocycles. The molecule has 18 heavy (non-hydrogen) atoms. The lowest BCUT2D eigenvalue weighted by molar-refractivity contribution is 0.321. The third-order valence-electron chi connectivity index (χ3n) is 3.12. The van der Waals surface area contributed by atoms with Crippen LogP contribution in [0.4, 0.5) is 0 Å². The minimum absolute atomic E-state index is 0.666. The van der Waals surface area contributed by atoms with Gasteiger partial charge in [0.15, 0.2) is 0 Å². The first-order valence-electron chi connectivity index (χ1n) is 5.76. The molecule has 0 aliphatic carbocycles. The molecule has 0 unspecified atom stereocenters. The van der Waals surface area contributed by atoms with Crippen molar-refractivity contribution < 1.29 is 5.21 Å². The second kappa shape index (κ2) is 4.11. The first-order valence-corrected chi connectivity index (χ1v) is 5.76. The highest BCUT2D eigenvalue weighted by Crippen LogP contribution is 2.26. The van der Waals surface area contributed by atoms with Gasteiger partial charge in [-0.15, -0.1) is 0 Å². The zero-order chi connectivity index (χ0) is 12.5. The number of aromatic nitrogens is 1. The maximum Gasteiger partial charge on any atom is 0.0918 e. The number of rotatable bonds is 1. The number of oxime groups is 1. The van der Waals surface area contributed by atoms with E-state index in [1.807, 2.05) is 25.1 Å². The van der Waals surface area contributed by atoms with Gasteiger partial charge >= 0.3 is 0 Å². The molecule has 0 aliphatic heterocycles. The number of hydrogen-bond donors (Lipinski definition) is 1. The van der Waals surface area contributed by atoms with Crippen LogP contribution in [0.1, 0.15) is 11.3 Å². The third kappa shape index (κ3) is 1.61. The molecular formula is C15H12N2O. The summed E-state index contributed by atoms with van der Waals surface area (Å²) in [6.45, 7) is 2.04. The van der Waals surface area contributed by atoms with Crippen LogP contribution in [-0.2, 0) is 0 Å². The molecule has 0 atom stereocenters. The van der Waals surface area contributed by atoms with Crippen LogP contribution in [0.25, 0.3) is 21.7 Å². The Bertz CT molecular complexity index is 763. The maximum atomic E-state index is 8.63. The van der Waals surface area contributed by atoms with Crippen molar-refractivity contribution in [1.82, 2.24) is 4.98 Å². The van der Waals surface area contributed by atoms with E-state index in [9.17, 15) is 0 Å². The SMILES string of the molecule is Cc1cc(/C=N\O)nc2c1ccc1ccccc12. The van der Waals surface area contributed by atoms with E-state index >= 15 is 0 Å². The zero-order valence-electron chi connectivity index (χ0n) is 9.96. The zero-order valence-corrected chi connectivity index (χ0v) is 9.96. The van der Waals surface area contributed by atoms with E-state index in [1.165, 1.54) is 6.21 Å². The second-order valence-electron chi connectivity index (χ2n) is 4.29. The van der Waals surface area contributed by atoms with Crippen molar-refractivity contribution in [2.75, 3.05) is 0 Å². The molecule has 3 nitrogen and oxygen atoms in total. The van der Waals surface area contributed by atoms with Gasteiger partial charge < -0.3 is 5.21 Å². The smallest absolute Gasteiger partial charge is 0.0918 e. The first-order chi connectivity index (χ1) is 8.79. The van der Waals surface area contributed by atoms with Crippen molar-refractivity contribution in [1.29, 1.82) is 0 Å². The lowest BCUT2D eigenvalue weighted by atomic mass is 10.0. The largest absolute Gasteiger partial charge is 0.411 e. The Hall–Kier alpha value is -2.42. The summed E-state index contributed by atoms with van der Waals surface area (Å²) in [4.78, 5) is 4.54. The lowest BCUT2D eigenvalue weighted by Crippen LogP contribution is -1.92. The van der Waals surface area contributed by atoms with Gasteiger partial charge in [-0.2, -0.15) is 0 Å². The number of benzene rings is 2. The van der Waals surface area contributed by atoms with Crippen LogP contribution in [0, 0.1) is 6.92 Å². The van der Waals surface area contributed by atoms with Gasteiger partial charge in [-0.25, -0.2) is 4.98 Å². The van der Waals surface area contributed by atoms with Crippen molar-refractivity contribution in [2.45, 2.75) is 6.92 Å². The molecule has 1 N–H and O–H groups in total. The Labute approximate surface area is 104 Å². The summed E-state index contributed by atoms with van der Waals surface area (Å²) in [6, 6.07) is 14.2. The molecule has 0 bridgehead atoms. The third-order valence-corrected chi connectivity index (χ3v) is 3.12. The first kappa shape index (κ1) is 10.7. The van der Waals surface area contributed by atoms with E-state index in [4.69, 9.17) is 5.21 Å². The standard InChI is InChI=1S/C15H12N2O/c1-10-8-12(9-16-18)17-15-13(10)7-6-11-4-2-3-5-14(11)15/h2-9,18H,1H3/b16-9-. The van der Waals surface area contributed by atoms with Crippen molar-refractivity contribution in [3.05, 3.63) is 53.7 Å². The van der Waals surface area contributed by atoms with Gasteiger partial charge in [0.2, 0.25) is 0 Å². The predicted molar refractivity (Wildman–Crippen MR) is 73.4 cm³/mol. The van der Waals surface area contributed by atoms with E-state index in [-0.39, 0.29) is 0 Å². The number of hydrogen-bond acceptors (Lipinski definition) is 3. The second-order valence-corrected chi connectivity index (χ2v) is 4.29. The van der Waals surface area contributed by atoms with Crippen molar-refractivity contribution in [3.8, 4) is 0 Å². The number of fused-ring (bicyclic) bond motifs is 3. The summed E-state index contributed by atoms with van der Waals surface area (Å²) in [7, 11) is 0. The van der Waals surface area contributed by atoms with E-state index < -0.39 is 0 Å². The Morgan fingerprint density at radius 2 is 1.94 bits per heavy atom. The van der Waals surface area contributed by atoms with Gasteiger partial charge in [-0.1, -0.05) is 41.6 Å². The van der Waals surface area contributed by atoms with Crippen LogP contribution in [0.15, 0.2) is 47.6 Å². The summed E-state index contributed by atoms with van der Waals surface area (Å²) in [6.07, 6.45) is 1.36. The molecule has 0 saturated heterocycles. The molecule has 88 valence electrons. The molecule has 3 aromatic rings. The fourth-order valence-electron chi connectivity index (χ4n) is 2.28. The molecule has 1 aromatic heterocycles. The Balaban J connectivity index is 2.47. The van der Waals surface area contributed by atoms with Gasteiger partial charge in [0.1, 0.15) is 0 Å². The van der Waals surface area contributed by atoms with Crippen LogP contribution >= 0.6 is 0 Å². The van der Waals surface area contributed by atoms with Gasteiger partial charge in [-0.05, 0) is 23.9 Å². The Kier molecular flexibility index (Phi) is 2.45. The van der Waals surface area contributed by atoms with Crippen LogP contribution in [0.2, 0.25) is 0 Å². The molecule has 0 saturated carbocycles. The van der Waals surface area contributed by atoms with E-state index in [0.29, 0.717) is 5.69 Å². The molecule has 0 spiro atoms. The van der Waals surface area contributed by atoms with Crippen molar-refractivity contribution in [3.63, 3.8) is 0 Å². The topological polar surface area (TPSA) is 45.5 Å². The predicted octanol–water partition coefficient (Wildman–Crippen LogP) is 3.50. The molecule has 1 heterocycles. The molecule has 0 fully saturated rings. The fourth-order valence-corrected chi connectivity index (χ4v) is 2.28. The van der Waals surface area contributed by atoms with Crippen molar-refractivity contribution in [2.24, 2.45) is 5.16 Å². The Morgan fingerprint density at radius 3 is 2.78 bits per heavy atom. The highest BCUT2D eigenvalue weighted by atomic mass is 16.4. The minimum Gasteiger partial charge on any atom is -0.411 e. The lowest BCUT2D eigenvalue weighted by Gasteiger charge is -2.06. The van der Waals surface area contributed by atoms with Gasteiger partial charge in [-0.3, -0.25) is 0 Å². The van der Waals surface area contributed by atoms with Gasteiger partial charge in [0.05, 0.1) is 17.4 Å². The average Bonchev–Trinajstić information content (AvgIpc) is 2.39. The van der Waals surface area contributed by atoms with Gasteiger partial charge in [0, 0.05) is 10.8 Å². The maximum absolute atomic E-state index is 8.63. The minimum atomic E-state index is 0.666.